The smallest absolute Gasteiger partial charge is 2.00 e. The summed E-state index contributed by atoms with van der Waals surface area (Å²) in [5, 5.41) is 0. The predicted molar refractivity (Wildman–Crippen MR) is 58.8 cm³/mol. The van der Waals surface area contributed by atoms with Gasteiger partial charge in [0.1, 0.15) is 0 Å². The molecule has 3 nitrogen and oxygen atoms in total. The Balaban J connectivity index is 0. The molecular formula is H6Al2O3P2Si2Sn2. The molecule has 0 aromatic heterocycles. The average Bonchev–Trinajstić information content (AvgIpc) is 0. The van der Waals surface area contributed by atoms with Gasteiger partial charge in [-0.3, -0.25) is 0 Å². The van der Waals surface area contributed by atoms with Crippen LogP contribution < -0.4 is 0 Å². The van der Waals surface area contributed by atoms with Gasteiger partial charge < -0.3 is 16.4 Å². The van der Waals surface area contributed by atoms with Crippen molar-refractivity contribution in [2.45, 2.75) is 0 Å². The van der Waals surface area contributed by atoms with Crippen LogP contribution in [-0.2, 0) is 16.4 Å². The first-order chi connectivity index (χ1) is 0. The van der Waals surface area contributed by atoms with E-state index in [4.69, 9.17) is 0 Å². The molecule has 0 aromatic rings. The van der Waals surface area contributed by atoms with Gasteiger partial charge >= 0.3 is 34.7 Å². The van der Waals surface area contributed by atoms with Gasteiger partial charge in [0, 0.05) is 69.7 Å². The molecule has 0 saturated carbocycles. The molecule has 0 aliphatic heterocycles. The summed E-state index contributed by atoms with van der Waals surface area (Å²) < 4.78 is 0. The minimum absolute atomic E-state index is 0. The van der Waals surface area contributed by atoms with Crippen LogP contribution in [0.1, 0.15) is 0 Å². The Labute approximate surface area is 139 Å². The zero-order chi connectivity index (χ0) is 0. The Hall–Kier alpha value is 3.84. The summed E-state index contributed by atoms with van der Waals surface area (Å²) in [5.41, 5.74) is 0. The van der Waals surface area contributed by atoms with Crippen molar-refractivity contribution < 1.29 is 16.4 Å². The SMILES string of the molecule is P.P.[Al+3].[Al+3].[O-2].[O-2].[O-2].[Si].[Si].[Sn].[Sn]. The normalized spacial score (nSPS) is 0. The Bertz CT molecular complexity index is 25.3. The van der Waals surface area contributed by atoms with Gasteiger partial charge in [-0.25, -0.2) is 0 Å². The second-order valence-corrected chi connectivity index (χ2v) is 0. The average molecular weight is 464 g/mol. The molecule has 11 heavy (non-hydrogen) atoms. The second-order valence-electron chi connectivity index (χ2n) is 0. The maximum atomic E-state index is 0. The molecule has 0 heterocycles. The van der Waals surface area contributed by atoms with E-state index in [0.717, 1.165) is 0 Å². The number of rotatable bonds is 0. The molecule has 0 aliphatic rings. The maximum absolute atomic E-state index is 0. The van der Waals surface area contributed by atoms with E-state index >= 15 is 0 Å². The Morgan fingerprint density at radius 2 is 0.455 bits per heavy atom. The second kappa shape index (κ2) is 155. The van der Waals surface area contributed by atoms with Crippen molar-refractivity contribution in [1.29, 1.82) is 0 Å². The molecular weight excluding hydrogens is 458 g/mol. The first-order valence-corrected chi connectivity index (χ1v) is 0. The van der Waals surface area contributed by atoms with Crippen LogP contribution in [0.5, 0.6) is 0 Å². The van der Waals surface area contributed by atoms with Crippen molar-refractivity contribution >= 4 is 124 Å². The molecule has 0 fully saturated rings. The van der Waals surface area contributed by atoms with Gasteiger partial charge in [-0.2, -0.15) is 19.8 Å². The van der Waals surface area contributed by atoms with Crippen LogP contribution >= 0.6 is 19.8 Å². The van der Waals surface area contributed by atoms with Gasteiger partial charge in [-0.05, 0) is 0 Å². The third-order valence-electron chi connectivity index (χ3n) is 0. The molecule has 0 spiro atoms. The first kappa shape index (κ1) is 193. The van der Waals surface area contributed by atoms with Gasteiger partial charge in [0.25, 0.3) is 0 Å². The third kappa shape index (κ3) is 132. The molecule has 0 rings (SSSR count). The Morgan fingerprint density at radius 1 is 0.455 bits per heavy atom. The van der Waals surface area contributed by atoms with Gasteiger partial charge in [0.15, 0.2) is 0 Å². The minimum atomic E-state index is 0. The fourth-order valence-electron chi connectivity index (χ4n) is 0. The molecule has 0 saturated heterocycles. The van der Waals surface area contributed by atoms with E-state index in [0.29, 0.717) is 0 Å². The number of hydrogen-bond donors (Lipinski definition) is 0. The van der Waals surface area contributed by atoms with E-state index in [1.54, 1.807) is 0 Å². The fraction of sp³-hybridized carbons (Fsp3) is 0. The van der Waals surface area contributed by atoms with Crippen molar-refractivity contribution in [3.05, 3.63) is 0 Å². The van der Waals surface area contributed by atoms with Gasteiger partial charge in [-0.1, -0.05) is 0 Å². The monoisotopic (exact) mass is 466 g/mol. The van der Waals surface area contributed by atoms with E-state index in [1.807, 2.05) is 0 Å². The summed E-state index contributed by atoms with van der Waals surface area (Å²) in [6.45, 7) is 0. The van der Waals surface area contributed by atoms with E-state index in [-0.39, 0.29) is 141 Å². The van der Waals surface area contributed by atoms with Crippen LogP contribution in [0.25, 0.3) is 0 Å². The Kier molecular flexibility index (Phi) is 2720. The van der Waals surface area contributed by atoms with E-state index < -0.39 is 0 Å². The van der Waals surface area contributed by atoms with Crippen LogP contribution in [0.4, 0.5) is 0 Å². The molecule has 16 radical (unpaired) electrons. The van der Waals surface area contributed by atoms with Gasteiger partial charge in [0.05, 0.1) is 0 Å². The van der Waals surface area contributed by atoms with Crippen molar-refractivity contribution in [3.63, 3.8) is 0 Å². The molecule has 0 bridgehead atoms. The topological polar surface area (TPSA) is 85.5 Å². The van der Waals surface area contributed by atoms with Gasteiger partial charge in [0.2, 0.25) is 0 Å². The molecule has 0 aliphatic carbocycles. The zero-order valence-corrected chi connectivity index (χ0v) is 18.6. The van der Waals surface area contributed by atoms with Gasteiger partial charge in [-0.15, -0.1) is 0 Å². The molecule has 0 N–H and O–H groups in total. The van der Waals surface area contributed by atoms with Crippen molar-refractivity contribution in [2.75, 3.05) is 0 Å². The van der Waals surface area contributed by atoms with Crippen LogP contribution in [-0.4, -0.2) is 104 Å². The number of hydrogen-bond acceptors (Lipinski definition) is 0. The summed E-state index contributed by atoms with van der Waals surface area (Å²) in [6, 6.07) is 0. The van der Waals surface area contributed by atoms with E-state index in [1.165, 1.54) is 0 Å². The predicted octanol–water partition coefficient (Wildman–Crippen LogP) is -2.53. The third-order valence-corrected chi connectivity index (χ3v) is 0. The van der Waals surface area contributed by atoms with Crippen LogP contribution in [0.2, 0.25) is 0 Å². The largest absolute Gasteiger partial charge is 3.00 e. The zero-order valence-electron chi connectivity index (χ0n) is 5.79. The quantitative estimate of drug-likeness (QED) is 0.281. The fourth-order valence-corrected chi connectivity index (χ4v) is 0. The molecule has 2 unspecified atom stereocenters. The molecule has 2 atom stereocenters. The van der Waals surface area contributed by atoms with Crippen LogP contribution in [0.15, 0.2) is 0 Å². The first-order valence-electron chi connectivity index (χ1n) is 0. The van der Waals surface area contributed by atoms with E-state index in [9.17, 15) is 0 Å². The molecule has 11 heteroatoms. The Morgan fingerprint density at radius 3 is 0.455 bits per heavy atom. The molecule has 56 valence electrons. The molecule has 0 amide bonds. The summed E-state index contributed by atoms with van der Waals surface area (Å²) >= 11 is 0. The van der Waals surface area contributed by atoms with Crippen molar-refractivity contribution in [2.24, 2.45) is 0 Å². The van der Waals surface area contributed by atoms with E-state index in [2.05, 4.69) is 0 Å². The van der Waals surface area contributed by atoms with Crippen molar-refractivity contribution in [3.8, 4) is 0 Å². The summed E-state index contributed by atoms with van der Waals surface area (Å²) in [4.78, 5) is 0. The van der Waals surface area contributed by atoms with Crippen molar-refractivity contribution in [1.82, 2.24) is 0 Å². The summed E-state index contributed by atoms with van der Waals surface area (Å²) in [6.07, 6.45) is 0. The summed E-state index contributed by atoms with van der Waals surface area (Å²) in [5.74, 6) is 0. The van der Waals surface area contributed by atoms with Crippen LogP contribution in [0.3, 0.4) is 0 Å². The maximum Gasteiger partial charge on any atom is 3.00 e. The molecule has 0 aromatic carbocycles. The standard InChI is InChI=1S/2Al.3O.2H3P.2Si.2Sn/h;;;;;2*1H3;;;;/q2*+3;3*-2;;;;;;. The minimum Gasteiger partial charge on any atom is -2.00 e. The van der Waals surface area contributed by atoms with Crippen LogP contribution in [0, 0.1) is 0 Å². The summed E-state index contributed by atoms with van der Waals surface area (Å²) in [7, 11) is 0.